The van der Waals surface area contributed by atoms with E-state index in [2.05, 4.69) is 4.74 Å². The second-order valence-electron chi connectivity index (χ2n) is 10.8. The number of esters is 4. The van der Waals surface area contributed by atoms with Crippen molar-refractivity contribution in [3.63, 3.8) is 0 Å². The molecule has 1 aromatic carbocycles. The largest absolute Gasteiger partial charge is 0.545 e. The summed E-state index contributed by atoms with van der Waals surface area (Å²) in [5.74, 6) is -3.50. The fraction of sp³-hybridized carbons (Fsp3) is 0.452. The second kappa shape index (κ2) is 19.8. The summed E-state index contributed by atoms with van der Waals surface area (Å²) in [6.45, 7) is 17.5. The highest BCUT2D eigenvalue weighted by atomic mass is 16.6. The van der Waals surface area contributed by atoms with Crippen molar-refractivity contribution in [2.75, 3.05) is 0 Å². The molecule has 0 saturated heterocycles. The maximum Gasteiger partial charge on any atom is 0.331 e. The normalized spacial score (nSPS) is 11.4. The van der Waals surface area contributed by atoms with Crippen molar-refractivity contribution in [2.24, 2.45) is 0 Å². The van der Waals surface area contributed by atoms with Gasteiger partial charge in [0.1, 0.15) is 11.2 Å². The number of ether oxygens (including phenoxy) is 4. The Balaban J connectivity index is 0. The maximum absolute atomic E-state index is 11.2. The molecule has 228 valence electrons. The van der Waals surface area contributed by atoms with Gasteiger partial charge in [0.15, 0.2) is 0 Å². The quantitative estimate of drug-likeness (QED) is 0.252. The van der Waals surface area contributed by atoms with Crippen LogP contribution in [0.2, 0.25) is 0 Å². The molecule has 0 saturated carbocycles. The van der Waals surface area contributed by atoms with E-state index in [9.17, 15) is 29.1 Å². The Bertz CT molecular complexity index is 1020. The van der Waals surface area contributed by atoms with Gasteiger partial charge in [0.05, 0.1) is 18.2 Å². The van der Waals surface area contributed by atoms with E-state index >= 15 is 0 Å². The Morgan fingerprint density at radius 3 is 1.32 bits per heavy atom. The van der Waals surface area contributed by atoms with Gasteiger partial charge in [-0.1, -0.05) is 30.3 Å². The molecule has 0 N–H and O–H groups in total. The Kier molecular flexibility index (Phi) is 18.8. The summed E-state index contributed by atoms with van der Waals surface area (Å²) >= 11 is 0. The van der Waals surface area contributed by atoms with Crippen LogP contribution in [0.25, 0.3) is 6.08 Å². The molecule has 0 spiro atoms. The van der Waals surface area contributed by atoms with Gasteiger partial charge in [-0.05, 0) is 87.0 Å². The summed E-state index contributed by atoms with van der Waals surface area (Å²) in [6.07, 6.45) is 6.45. The molecule has 1 aromatic rings. The molecule has 0 bridgehead atoms. The molecule has 10 nitrogen and oxygen atoms in total. The highest BCUT2D eigenvalue weighted by molar-refractivity contribution is 5.92. The highest BCUT2D eigenvalue weighted by Gasteiger charge is 2.16. The van der Waals surface area contributed by atoms with Crippen molar-refractivity contribution >= 4 is 35.9 Å². The average Bonchev–Trinajstić information content (AvgIpc) is 2.79. The monoisotopic (exact) mass is 575 g/mol. The van der Waals surface area contributed by atoms with Crippen molar-refractivity contribution in [3.8, 4) is 0 Å². The summed E-state index contributed by atoms with van der Waals surface area (Å²) in [4.78, 5) is 53.9. The first kappa shape index (κ1) is 38.9. The fourth-order valence-electron chi connectivity index (χ4n) is 2.22. The molecule has 0 radical (unpaired) electrons. The van der Waals surface area contributed by atoms with Gasteiger partial charge in [-0.3, -0.25) is 0 Å². The average molecular weight is 576 g/mol. The van der Waals surface area contributed by atoms with E-state index in [1.54, 1.807) is 61.5 Å². The van der Waals surface area contributed by atoms with Crippen LogP contribution >= 0.6 is 0 Å². The molecular formula is C31H43O10-. The van der Waals surface area contributed by atoms with Crippen molar-refractivity contribution < 1.29 is 48.0 Å². The van der Waals surface area contributed by atoms with E-state index in [-0.39, 0.29) is 18.2 Å². The van der Waals surface area contributed by atoms with E-state index in [1.165, 1.54) is 6.08 Å². The first-order valence-electron chi connectivity index (χ1n) is 12.9. The summed E-state index contributed by atoms with van der Waals surface area (Å²) in [6, 6.07) is 9.64. The predicted octanol–water partition coefficient (Wildman–Crippen LogP) is 4.12. The number of carbonyl (C=O) groups excluding carboxylic acids is 5. The van der Waals surface area contributed by atoms with Gasteiger partial charge in [0.25, 0.3) is 0 Å². The van der Waals surface area contributed by atoms with Crippen LogP contribution in [0, 0.1) is 0 Å². The third-order valence-electron chi connectivity index (χ3n) is 3.44. The molecule has 0 heterocycles. The number of benzene rings is 1. The molecule has 41 heavy (non-hydrogen) atoms. The molecule has 0 amide bonds. The third kappa shape index (κ3) is 30.2. The van der Waals surface area contributed by atoms with Crippen LogP contribution in [-0.2, 0) is 42.9 Å². The van der Waals surface area contributed by atoms with Gasteiger partial charge in [-0.2, -0.15) is 0 Å². The summed E-state index contributed by atoms with van der Waals surface area (Å²) in [5, 5.41) is 9.78. The summed E-state index contributed by atoms with van der Waals surface area (Å²) in [5.41, 5.74) is -0.127. The zero-order valence-electron chi connectivity index (χ0n) is 25.6. The van der Waals surface area contributed by atoms with Crippen LogP contribution in [0.15, 0.2) is 60.7 Å². The third-order valence-corrected chi connectivity index (χ3v) is 3.44. The molecule has 0 aliphatic heterocycles. The van der Waals surface area contributed by atoms with Crippen molar-refractivity contribution in [1.82, 2.24) is 0 Å². The van der Waals surface area contributed by atoms with Gasteiger partial charge in [0, 0.05) is 24.3 Å². The van der Waals surface area contributed by atoms with Crippen molar-refractivity contribution in [1.29, 1.82) is 0 Å². The lowest BCUT2D eigenvalue weighted by atomic mass is 10.2. The number of aliphatic carboxylic acids is 1. The Hall–Kier alpha value is -4.21. The number of rotatable bonds is 8. The number of hydrogen-bond donors (Lipinski definition) is 0. The Morgan fingerprint density at radius 1 is 0.610 bits per heavy atom. The van der Waals surface area contributed by atoms with Crippen molar-refractivity contribution in [2.45, 2.75) is 92.6 Å². The van der Waals surface area contributed by atoms with Crippen LogP contribution in [0.3, 0.4) is 0 Å². The molecule has 0 atom stereocenters. The second-order valence-corrected chi connectivity index (χ2v) is 10.8. The number of carboxylic acid groups (broad SMARTS) is 1. The van der Waals surface area contributed by atoms with Crippen LogP contribution in [-0.4, -0.2) is 53.3 Å². The maximum atomic E-state index is 11.2. The van der Waals surface area contributed by atoms with E-state index in [0.717, 1.165) is 23.8 Å². The zero-order valence-corrected chi connectivity index (χ0v) is 25.6. The van der Waals surface area contributed by atoms with E-state index in [1.807, 2.05) is 44.2 Å². The molecule has 0 aliphatic carbocycles. The lowest BCUT2D eigenvalue weighted by Gasteiger charge is -2.19. The van der Waals surface area contributed by atoms with Crippen LogP contribution in [0.1, 0.15) is 74.8 Å². The standard InChI is InChI=1S/C12H20O4.C12H14O2.C7H10O4/c1-11(2,3)15-9(13)7-8-10(14)16-12(4,5)6;1-10(2)14-12(13)9-8-11-6-4-3-5-7-11;1-5(2)11-7(10)4-3-6(8)9/h7-8H,1-6H3;3-10H,1-2H3;3-5H,1-2H3,(H,8,9)/p-1/b8-7+;;4-3+. The van der Waals surface area contributed by atoms with Gasteiger partial charge in [0.2, 0.25) is 0 Å². The molecule has 1 rings (SSSR count). The predicted molar refractivity (Wildman–Crippen MR) is 153 cm³/mol. The van der Waals surface area contributed by atoms with Gasteiger partial charge in [-0.25, -0.2) is 19.2 Å². The lowest BCUT2D eigenvalue weighted by Crippen LogP contribution is -2.24. The SMILES string of the molecule is CC(C)(C)OC(=O)/C=C/C(=O)OC(C)(C)C.CC(C)OC(=O)/C=C/C(=O)[O-].CC(C)OC(=O)C=Cc1ccccc1. The van der Waals surface area contributed by atoms with Gasteiger partial charge < -0.3 is 28.8 Å². The van der Waals surface area contributed by atoms with E-state index in [0.29, 0.717) is 6.08 Å². The van der Waals surface area contributed by atoms with E-state index in [4.69, 9.17) is 14.2 Å². The minimum atomic E-state index is -1.41. The summed E-state index contributed by atoms with van der Waals surface area (Å²) in [7, 11) is 0. The minimum absolute atomic E-state index is 0.0667. The van der Waals surface area contributed by atoms with Gasteiger partial charge >= 0.3 is 23.9 Å². The molecule has 0 aromatic heterocycles. The molecule has 0 fully saturated rings. The fourth-order valence-corrected chi connectivity index (χ4v) is 2.22. The smallest absolute Gasteiger partial charge is 0.331 e. The van der Waals surface area contributed by atoms with Crippen LogP contribution < -0.4 is 5.11 Å². The zero-order chi connectivity index (χ0) is 32.2. The number of carbonyl (C=O) groups is 5. The first-order valence-corrected chi connectivity index (χ1v) is 12.9. The Labute approximate surface area is 243 Å². The molecule has 10 heteroatoms. The molecule has 0 unspecified atom stereocenters. The van der Waals surface area contributed by atoms with Crippen LogP contribution in [0.4, 0.5) is 0 Å². The van der Waals surface area contributed by atoms with Gasteiger partial charge in [-0.15, -0.1) is 0 Å². The van der Waals surface area contributed by atoms with Crippen LogP contribution in [0.5, 0.6) is 0 Å². The Morgan fingerprint density at radius 2 is 0.976 bits per heavy atom. The minimum Gasteiger partial charge on any atom is -0.545 e. The number of hydrogen-bond acceptors (Lipinski definition) is 10. The number of carboxylic acids is 1. The molecule has 0 aliphatic rings. The van der Waals surface area contributed by atoms with Crippen molar-refractivity contribution in [3.05, 3.63) is 66.3 Å². The lowest BCUT2D eigenvalue weighted by molar-refractivity contribution is -0.297. The summed E-state index contributed by atoms with van der Waals surface area (Å²) < 4.78 is 19.5. The topological polar surface area (TPSA) is 145 Å². The highest BCUT2D eigenvalue weighted by Crippen LogP contribution is 2.09. The molecular weight excluding hydrogens is 532 g/mol. The van der Waals surface area contributed by atoms with E-state index < -0.39 is 35.1 Å². The first-order chi connectivity index (χ1) is 18.7.